The van der Waals surface area contributed by atoms with E-state index in [-0.39, 0.29) is 28.1 Å². The van der Waals surface area contributed by atoms with Crippen LogP contribution < -0.4 is 26.2 Å². The molecule has 0 aliphatic carbocycles. The Morgan fingerprint density at radius 1 is 0.273 bits per heavy atom. The lowest BCUT2D eigenvalue weighted by atomic mass is 9.33. The fourth-order valence-corrected chi connectivity index (χ4v) is 13.6. The van der Waals surface area contributed by atoms with Crippen LogP contribution in [-0.2, 0) is 16.2 Å². The van der Waals surface area contributed by atoms with Crippen LogP contribution in [0.4, 0.5) is 34.1 Å². The van der Waals surface area contributed by atoms with Crippen LogP contribution in [0.1, 0.15) is 106 Å². The fraction of sp³-hybridized carbons (Fsp3) is 0.129. The molecule has 0 unspecified atom stereocenters. The highest BCUT2D eigenvalue weighted by atomic mass is 15.2. The molecule has 0 amide bonds. The lowest BCUT2D eigenvalue weighted by molar-refractivity contribution is 0.569. The van der Waals surface area contributed by atoms with Gasteiger partial charge in [0.05, 0.1) is 38.8 Å². The quantitative estimate of drug-likeness (QED) is 0.121. The summed E-state index contributed by atoms with van der Waals surface area (Å²) in [4.78, 5) is 19.5. The highest BCUT2D eigenvalue weighted by Gasteiger charge is 2.46. The molecule has 0 spiro atoms. The van der Waals surface area contributed by atoms with Crippen molar-refractivity contribution in [2.24, 2.45) is 0 Å². The molecule has 0 saturated heterocycles. The van der Waals surface area contributed by atoms with E-state index in [0.29, 0.717) is 78.3 Å². The minimum absolute atomic E-state index is 0.0451. The van der Waals surface area contributed by atoms with Gasteiger partial charge in [0, 0.05) is 50.6 Å². The molecule has 0 saturated carbocycles. The smallest absolute Gasteiger partial charge is 0.252 e. The van der Waals surface area contributed by atoms with Gasteiger partial charge in [-0.25, -0.2) is 15.0 Å². The largest absolute Gasteiger partial charge is 0.311 e. The van der Waals surface area contributed by atoms with Gasteiger partial charge >= 0.3 is 0 Å². The van der Waals surface area contributed by atoms with Gasteiger partial charge in [-0.15, -0.1) is 0 Å². The summed E-state index contributed by atoms with van der Waals surface area (Å²) in [7, 11) is 0. The van der Waals surface area contributed by atoms with Gasteiger partial charge in [-0.3, -0.25) is 0 Å². The van der Waals surface area contributed by atoms with E-state index < -0.39 is 167 Å². The maximum Gasteiger partial charge on any atom is 0.252 e. The summed E-state index contributed by atoms with van der Waals surface area (Å²) < 4.78 is 185. The first kappa shape index (κ1) is 43.7. The molecule has 13 aromatic carbocycles. The first-order chi connectivity index (χ1) is 56.3. The highest BCUT2D eigenvalue weighted by molar-refractivity contribution is 7.00. The Bertz CT molecular complexity index is 6410. The van der Waals surface area contributed by atoms with Gasteiger partial charge in [0.2, 0.25) is 0 Å². The van der Waals surface area contributed by atoms with Crippen molar-refractivity contribution in [3.8, 4) is 101 Å². The van der Waals surface area contributed by atoms with Crippen molar-refractivity contribution < 1.29 is 27.4 Å². The predicted octanol–water partition coefficient (Wildman–Crippen LogP) is 22.8. The molecule has 0 radical (unpaired) electrons. The van der Waals surface area contributed by atoms with E-state index in [2.05, 4.69) is 106 Å². The second-order valence-corrected chi connectivity index (χ2v) is 28.2. The second kappa shape index (κ2) is 24.9. The number of benzene rings is 13. The fourth-order valence-electron chi connectivity index (χ4n) is 13.6. The van der Waals surface area contributed by atoms with E-state index in [4.69, 9.17) is 28.7 Å². The van der Waals surface area contributed by atoms with Gasteiger partial charge < -0.3 is 9.80 Å². The zero-order chi connectivity index (χ0) is 85.1. The Labute approximate surface area is 612 Å². The van der Waals surface area contributed by atoms with E-state index in [1.165, 1.54) is 0 Å². The highest BCUT2D eigenvalue weighted by Crippen LogP contribution is 2.54. The SMILES string of the molecule is [2H]c1c([2H])c([2H])c(-c2ccc3c(c2)N(c2ccc(-c4ccccc4)cc2-c2ccccc2)c2cc(-c4cc(C(C)(C)C)cc(C(C)(C)C)c4)cc4c2B3c2ccc(-c3c([2H])c([2H])c([2H])c([2H])c3[2H])cc2N4c2c(-c3ccccc3)cc(C(C)(C)C)cc2-c2nc(-c3c([2H])c([2H])c([2H])c([2H])c3[2H])nc(-c3c([2H])c([2H])c([2H])c([2H])c3[2H])n2)c([2H])c1[2H]. The predicted molar refractivity (Wildman–Crippen MR) is 419 cm³/mol. The topological polar surface area (TPSA) is 45.2 Å². The number of anilines is 6. The standard InChI is InChI=1S/C93H78BN5/c1-91(2,3)73-51-71(52-74(58-73)92(4,5)6)72-56-84-86-85(57-72)99(87-77(65-39-25-14-26-40-65)59-75(93(7,8)9)60-78(87)90-96-88(66-41-27-15-28-42-66)95-89(97-90)67-43-29-16-30-44-67)83-55-70(63-35-21-12-22-36-63)46-49-80(83)94(86)79-48-45-69(62-33-19-11-20-34-62)54-82(79)98(84)81-50-47-68(61-31-17-10-18-32-61)53-76(81)64-37-23-13-24-38-64/h10-60H,1-9H3/i11D,12D,15D,16D,19D,20D,21D,22D,27D,28D,29D,30D,33D,34D,35D,36D,41D,42D,43D,44D. The molecule has 99 heavy (non-hydrogen) atoms. The van der Waals surface area contributed by atoms with Gasteiger partial charge in [-0.05, 0) is 153 Å². The van der Waals surface area contributed by atoms with E-state index in [1.807, 2.05) is 136 Å². The molecule has 6 heteroatoms. The summed E-state index contributed by atoms with van der Waals surface area (Å²) in [5.41, 5.74) is 11.4. The molecule has 0 atom stereocenters. The van der Waals surface area contributed by atoms with E-state index >= 15 is 0 Å². The van der Waals surface area contributed by atoms with Crippen molar-refractivity contribution in [2.75, 3.05) is 9.80 Å². The Morgan fingerprint density at radius 2 is 0.646 bits per heavy atom. The van der Waals surface area contributed by atoms with Gasteiger partial charge in [-0.2, -0.15) is 0 Å². The summed E-state index contributed by atoms with van der Waals surface area (Å²) in [5, 5.41) is 0. The van der Waals surface area contributed by atoms with Gasteiger partial charge in [0.15, 0.2) is 17.5 Å². The minimum atomic E-state index is -0.870. The number of nitrogens with zero attached hydrogens (tertiary/aromatic N) is 5. The van der Waals surface area contributed by atoms with Crippen LogP contribution >= 0.6 is 0 Å². The Hall–Kier alpha value is -11.5. The van der Waals surface area contributed by atoms with E-state index in [1.54, 1.807) is 18.2 Å². The molecular formula is C93H78BN5. The first-order valence-corrected chi connectivity index (χ1v) is 33.0. The Balaban J connectivity index is 1.16. The number of fused-ring (bicyclic) bond motifs is 4. The zero-order valence-electron chi connectivity index (χ0n) is 76.2. The van der Waals surface area contributed by atoms with Crippen LogP contribution in [0.25, 0.3) is 101 Å². The molecule has 16 rings (SSSR count). The maximum absolute atomic E-state index is 9.70. The lowest BCUT2D eigenvalue weighted by Gasteiger charge is -2.46. The third-order valence-electron chi connectivity index (χ3n) is 18.7. The summed E-state index contributed by atoms with van der Waals surface area (Å²) >= 11 is 0. The average Bonchev–Trinajstić information content (AvgIpc) is 0.685. The van der Waals surface area contributed by atoms with Gasteiger partial charge in [0.25, 0.3) is 6.71 Å². The monoisotopic (exact) mass is 1300 g/mol. The van der Waals surface area contributed by atoms with Crippen molar-refractivity contribution in [1.82, 2.24) is 15.0 Å². The van der Waals surface area contributed by atoms with Gasteiger partial charge in [0.1, 0.15) is 0 Å². The molecule has 478 valence electrons. The van der Waals surface area contributed by atoms with Gasteiger partial charge in [-0.1, -0.05) is 323 Å². The van der Waals surface area contributed by atoms with Crippen LogP contribution in [-0.4, -0.2) is 21.7 Å². The molecule has 0 N–H and O–H groups in total. The van der Waals surface area contributed by atoms with Crippen LogP contribution in [0.2, 0.25) is 0 Å². The molecular weight excluding hydrogens is 1200 g/mol. The van der Waals surface area contributed by atoms with Crippen LogP contribution in [0.5, 0.6) is 0 Å². The second-order valence-electron chi connectivity index (χ2n) is 28.2. The van der Waals surface area contributed by atoms with Crippen LogP contribution in [0.15, 0.2) is 309 Å². The van der Waals surface area contributed by atoms with Crippen molar-refractivity contribution in [3.63, 3.8) is 0 Å². The zero-order valence-corrected chi connectivity index (χ0v) is 56.2. The molecule has 0 fully saturated rings. The normalized spacial score (nSPS) is 15.5. The Kier molecular flexibility index (Phi) is 11.0. The molecule has 3 heterocycles. The van der Waals surface area contributed by atoms with Crippen LogP contribution in [0.3, 0.4) is 0 Å². The first-order valence-electron chi connectivity index (χ1n) is 43.0. The molecule has 0 bridgehead atoms. The minimum Gasteiger partial charge on any atom is -0.311 e. The molecule has 2 aliphatic heterocycles. The number of aromatic nitrogens is 3. The number of hydrogen-bond donors (Lipinski definition) is 0. The summed E-state index contributed by atoms with van der Waals surface area (Å²) in [6.07, 6.45) is 0. The average molecular weight is 1300 g/mol. The molecule has 1 aromatic heterocycles. The summed E-state index contributed by atoms with van der Waals surface area (Å²) in [5.74, 6) is -1.29. The molecule has 5 nitrogen and oxygen atoms in total. The number of hydrogen-bond acceptors (Lipinski definition) is 5. The third-order valence-corrected chi connectivity index (χ3v) is 18.7. The van der Waals surface area contributed by atoms with Crippen LogP contribution in [0, 0.1) is 0 Å². The maximum atomic E-state index is 9.70. The van der Waals surface area contributed by atoms with Crippen molar-refractivity contribution in [2.45, 2.75) is 78.6 Å². The van der Waals surface area contributed by atoms with Crippen molar-refractivity contribution in [1.29, 1.82) is 0 Å². The third kappa shape index (κ3) is 11.7. The van der Waals surface area contributed by atoms with E-state index in [0.717, 1.165) is 38.9 Å². The lowest BCUT2D eigenvalue weighted by Crippen LogP contribution is -2.61. The van der Waals surface area contributed by atoms with Crippen molar-refractivity contribution >= 4 is 57.2 Å². The van der Waals surface area contributed by atoms with Crippen molar-refractivity contribution in [3.05, 3.63) is 326 Å². The molecule has 2 aliphatic rings. The Morgan fingerprint density at radius 3 is 1.13 bits per heavy atom. The molecule has 14 aromatic rings. The summed E-state index contributed by atoms with van der Waals surface area (Å²) in [6.45, 7) is 18.1. The summed E-state index contributed by atoms with van der Waals surface area (Å²) in [6, 6.07) is 49.0. The van der Waals surface area contributed by atoms with E-state index in [9.17, 15) is 13.7 Å². The number of rotatable bonds is 11.